The van der Waals surface area contributed by atoms with Crippen LogP contribution in [0.1, 0.15) is 29.7 Å². The molecule has 1 aliphatic rings. The van der Waals surface area contributed by atoms with Crippen molar-refractivity contribution in [3.63, 3.8) is 0 Å². The summed E-state index contributed by atoms with van der Waals surface area (Å²) in [5.74, 6) is 3.44. The van der Waals surface area contributed by atoms with Crippen LogP contribution in [0.15, 0.2) is 44.5 Å². The van der Waals surface area contributed by atoms with E-state index in [4.69, 9.17) is 13.7 Å². The van der Waals surface area contributed by atoms with Crippen molar-refractivity contribution in [3.8, 4) is 27.9 Å². The summed E-state index contributed by atoms with van der Waals surface area (Å²) in [5.41, 5.74) is 2.21. The Labute approximate surface area is 181 Å². The molecule has 1 aromatic carbocycles. The van der Waals surface area contributed by atoms with Gasteiger partial charge in [0.1, 0.15) is 5.75 Å². The van der Waals surface area contributed by atoms with Crippen molar-refractivity contribution in [1.82, 2.24) is 20.3 Å². The zero-order chi connectivity index (χ0) is 20.5. The zero-order valence-corrected chi connectivity index (χ0v) is 18.3. The number of aromatic nitrogens is 4. The molecule has 5 rings (SSSR count). The van der Waals surface area contributed by atoms with E-state index >= 15 is 0 Å². The third-order valence-electron chi connectivity index (χ3n) is 5.08. The molecule has 7 nitrogen and oxygen atoms in total. The maximum Gasteiger partial charge on any atom is 0.277 e. The first-order valence-electron chi connectivity index (χ1n) is 9.74. The van der Waals surface area contributed by atoms with Gasteiger partial charge in [-0.2, -0.15) is 4.98 Å². The van der Waals surface area contributed by atoms with Gasteiger partial charge in [0.25, 0.3) is 11.1 Å². The molecule has 0 fully saturated rings. The number of thioether (sulfide) groups is 1. The van der Waals surface area contributed by atoms with Crippen LogP contribution in [-0.2, 0) is 18.6 Å². The summed E-state index contributed by atoms with van der Waals surface area (Å²) in [6.45, 7) is 2.30. The van der Waals surface area contributed by atoms with E-state index in [1.807, 2.05) is 24.3 Å². The van der Waals surface area contributed by atoms with Crippen LogP contribution in [0.25, 0.3) is 22.2 Å². The second-order valence-electron chi connectivity index (χ2n) is 7.28. The van der Waals surface area contributed by atoms with Crippen LogP contribution in [0, 0.1) is 5.92 Å². The smallest absolute Gasteiger partial charge is 0.277 e. The number of aryl methyl sites for hydroxylation is 1. The molecule has 3 aromatic heterocycles. The van der Waals surface area contributed by atoms with Gasteiger partial charge in [0.15, 0.2) is 0 Å². The number of methoxy groups -OCH3 is 1. The molecule has 1 aliphatic carbocycles. The fourth-order valence-corrected chi connectivity index (χ4v) is 5.28. The summed E-state index contributed by atoms with van der Waals surface area (Å²) < 4.78 is 16.6. The molecule has 3 heterocycles. The van der Waals surface area contributed by atoms with Crippen molar-refractivity contribution >= 4 is 23.1 Å². The lowest BCUT2D eigenvalue weighted by atomic mass is 9.90. The number of rotatable bonds is 6. The summed E-state index contributed by atoms with van der Waals surface area (Å²) in [5, 5.41) is 12.9. The number of benzene rings is 1. The molecule has 0 bridgehead atoms. The normalized spacial score (nSPS) is 15.9. The van der Waals surface area contributed by atoms with Gasteiger partial charge in [-0.1, -0.05) is 36.0 Å². The molecule has 30 heavy (non-hydrogen) atoms. The monoisotopic (exact) mass is 440 g/mol. The van der Waals surface area contributed by atoms with Crippen LogP contribution >= 0.6 is 23.1 Å². The Balaban J connectivity index is 1.26. The topological polar surface area (TPSA) is 87.1 Å². The number of ether oxygens (including phenoxy) is 1. The second kappa shape index (κ2) is 8.23. The highest BCUT2D eigenvalue weighted by atomic mass is 32.2. The minimum Gasteiger partial charge on any atom is -0.496 e. The maximum atomic E-state index is 5.87. The standard InChI is InChI=1S/C21H20N4O3S2/c1-12-7-8-16-13(9-12)10-17(30-16)20-23-24-21(27-20)29-11-18-22-19(25-28-18)14-5-3-4-6-15(14)26-2/h3-6,10,12H,7-9,11H2,1-2H3. The van der Waals surface area contributed by atoms with Crippen LogP contribution in [0.2, 0.25) is 0 Å². The Hall–Kier alpha value is -2.65. The average Bonchev–Trinajstić information content (AvgIpc) is 3.50. The molecular weight excluding hydrogens is 420 g/mol. The van der Waals surface area contributed by atoms with Gasteiger partial charge in [0, 0.05) is 4.88 Å². The predicted molar refractivity (Wildman–Crippen MR) is 115 cm³/mol. The molecule has 0 spiro atoms. The lowest BCUT2D eigenvalue weighted by Crippen LogP contribution is -2.07. The fourth-order valence-electron chi connectivity index (χ4n) is 3.55. The van der Waals surface area contributed by atoms with E-state index in [0.717, 1.165) is 29.2 Å². The van der Waals surface area contributed by atoms with Gasteiger partial charge in [0.05, 0.1) is 23.3 Å². The van der Waals surface area contributed by atoms with E-state index in [1.54, 1.807) is 18.4 Å². The maximum absolute atomic E-state index is 5.87. The van der Waals surface area contributed by atoms with Crippen LogP contribution in [0.4, 0.5) is 0 Å². The van der Waals surface area contributed by atoms with Gasteiger partial charge in [-0.15, -0.1) is 21.5 Å². The summed E-state index contributed by atoms with van der Waals surface area (Å²) in [7, 11) is 1.62. The van der Waals surface area contributed by atoms with Crippen molar-refractivity contribution in [2.75, 3.05) is 7.11 Å². The SMILES string of the molecule is COc1ccccc1-c1noc(CSc2nnc(-c3cc4c(s3)CCC(C)C4)o2)n1. The lowest BCUT2D eigenvalue weighted by Gasteiger charge is -2.16. The molecule has 4 aromatic rings. The summed E-state index contributed by atoms with van der Waals surface area (Å²) in [4.78, 5) is 6.95. The van der Waals surface area contributed by atoms with Gasteiger partial charge >= 0.3 is 0 Å². The minimum atomic E-state index is 0.447. The van der Waals surface area contributed by atoms with Gasteiger partial charge < -0.3 is 13.7 Å². The Morgan fingerprint density at radius 3 is 3.07 bits per heavy atom. The van der Waals surface area contributed by atoms with Crippen LogP contribution in [0.3, 0.4) is 0 Å². The Bertz CT molecular complexity index is 1170. The van der Waals surface area contributed by atoms with E-state index in [1.165, 1.54) is 28.6 Å². The van der Waals surface area contributed by atoms with Crippen LogP contribution < -0.4 is 4.74 Å². The number of nitrogens with zero attached hydrogens (tertiary/aromatic N) is 4. The molecule has 1 unspecified atom stereocenters. The van der Waals surface area contributed by atoms with Gasteiger partial charge in [-0.25, -0.2) is 0 Å². The number of hydrogen-bond acceptors (Lipinski definition) is 9. The van der Waals surface area contributed by atoms with Gasteiger partial charge in [-0.3, -0.25) is 0 Å². The number of para-hydroxylation sites is 1. The highest BCUT2D eigenvalue weighted by molar-refractivity contribution is 7.98. The molecule has 0 saturated heterocycles. The largest absolute Gasteiger partial charge is 0.496 e. The first-order chi connectivity index (χ1) is 14.7. The quantitative estimate of drug-likeness (QED) is 0.375. The van der Waals surface area contributed by atoms with Crippen LogP contribution in [-0.4, -0.2) is 27.4 Å². The number of fused-ring (bicyclic) bond motifs is 1. The first kappa shape index (κ1) is 19.3. The molecular formula is C21H20N4O3S2. The lowest BCUT2D eigenvalue weighted by molar-refractivity contribution is 0.389. The first-order valence-corrected chi connectivity index (χ1v) is 11.5. The van der Waals surface area contributed by atoms with Crippen molar-refractivity contribution in [3.05, 3.63) is 46.7 Å². The number of hydrogen-bond donors (Lipinski definition) is 0. The van der Waals surface area contributed by atoms with E-state index in [-0.39, 0.29) is 0 Å². The summed E-state index contributed by atoms with van der Waals surface area (Å²) in [6.07, 6.45) is 3.52. The third kappa shape index (κ3) is 3.87. The molecule has 154 valence electrons. The van der Waals surface area contributed by atoms with Gasteiger partial charge in [-0.05, 0) is 48.9 Å². The summed E-state index contributed by atoms with van der Waals surface area (Å²) in [6, 6.07) is 9.77. The average molecular weight is 441 g/mol. The predicted octanol–water partition coefficient (Wildman–Crippen LogP) is 5.27. The van der Waals surface area contributed by atoms with Crippen molar-refractivity contribution in [2.24, 2.45) is 5.92 Å². The second-order valence-corrected chi connectivity index (χ2v) is 9.34. The fraction of sp³-hybridized carbons (Fsp3) is 0.333. The minimum absolute atomic E-state index is 0.447. The molecule has 1 atom stereocenters. The van der Waals surface area contributed by atoms with Gasteiger partial charge in [0.2, 0.25) is 11.7 Å². The third-order valence-corrected chi connectivity index (χ3v) is 7.11. The van der Waals surface area contributed by atoms with Crippen LogP contribution in [0.5, 0.6) is 5.75 Å². The van der Waals surface area contributed by atoms with E-state index < -0.39 is 0 Å². The highest BCUT2D eigenvalue weighted by Gasteiger charge is 2.21. The Kier molecular flexibility index (Phi) is 5.30. The molecule has 0 saturated carbocycles. The molecule has 0 amide bonds. The number of thiophene rings is 1. The molecule has 0 N–H and O–H groups in total. The van der Waals surface area contributed by atoms with Crippen molar-refractivity contribution in [2.45, 2.75) is 37.2 Å². The van der Waals surface area contributed by atoms with Crippen molar-refractivity contribution < 1.29 is 13.7 Å². The Morgan fingerprint density at radius 2 is 2.17 bits per heavy atom. The molecule has 9 heteroatoms. The van der Waals surface area contributed by atoms with E-state index in [9.17, 15) is 0 Å². The Morgan fingerprint density at radius 1 is 1.27 bits per heavy atom. The summed E-state index contributed by atoms with van der Waals surface area (Å²) >= 11 is 3.14. The van der Waals surface area contributed by atoms with E-state index in [2.05, 4.69) is 33.3 Å². The molecule has 0 aliphatic heterocycles. The molecule has 0 radical (unpaired) electrons. The highest BCUT2D eigenvalue weighted by Crippen LogP contribution is 2.37. The van der Waals surface area contributed by atoms with Crippen molar-refractivity contribution in [1.29, 1.82) is 0 Å². The zero-order valence-electron chi connectivity index (χ0n) is 16.6. The van der Waals surface area contributed by atoms with E-state index in [0.29, 0.717) is 34.3 Å².